The van der Waals surface area contributed by atoms with E-state index in [-0.39, 0.29) is 12.0 Å². The van der Waals surface area contributed by atoms with E-state index in [1.807, 2.05) is 6.92 Å². The Hall–Kier alpha value is -0.570. The van der Waals surface area contributed by atoms with Crippen LogP contribution in [0.15, 0.2) is 0 Å². The molecule has 0 radical (unpaired) electrons. The molecule has 0 aliphatic carbocycles. The number of carboxylic acids is 1. The number of hydrogen-bond donors (Lipinski definition) is 2. The first-order chi connectivity index (χ1) is 4.72. The van der Waals surface area contributed by atoms with Crippen LogP contribution in [-0.4, -0.2) is 23.7 Å². The number of nitrogens with one attached hydrogen (secondary N) is 1. The minimum atomic E-state index is -0.667. The summed E-state index contributed by atoms with van der Waals surface area (Å²) in [5.41, 5.74) is 0. The van der Waals surface area contributed by atoms with Gasteiger partial charge in [0.15, 0.2) is 0 Å². The van der Waals surface area contributed by atoms with Gasteiger partial charge in [-0.2, -0.15) is 0 Å². The lowest BCUT2D eigenvalue weighted by Gasteiger charge is -2.26. The van der Waals surface area contributed by atoms with Crippen LogP contribution in [0.25, 0.3) is 0 Å². The number of rotatable bonds is 1. The maximum Gasteiger partial charge on any atom is 0.308 e. The largest absolute Gasteiger partial charge is 0.481 e. The summed E-state index contributed by atoms with van der Waals surface area (Å²) >= 11 is 0. The third kappa shape index (κ3) is 1.48. The van der Waals surface area contributed by atoms with Gasteiger partial charge in [0.2, 0.25) is 0 Å². The van der Waals surface area contributed by atoms with Gasteiger partial charge in [-0.3, -0.25) is 4.79 Å². The molecule has 1 aliphatic rings. The predicted octanol–water partition coefficient (Wildman–Crippen LogP) is 0.459. The van der Waals surface area contributed by atoms with Crippen LogP contribution in [0.1, 0.15) is 19.8 Å². The molecule has 0 amide bonds. The highest BCUT2D eigenvalue weighted by atomic mass is 16.4. The van der Waals surface area contributed by atoms with Crippen molar-refractivity contribution >= 4 is 5.97 Å². The molecule has 0 saturated carbocycles. The lowest BCUT2D eigenvalue weighted by atomic mass is 9.92. The van der Waals surface area contributed by atoms with E-state index >= 15 is 0 Å². The molecule has 0 aromatic heterocycles. The normalized spacial score (nSPS) is 33.7. The van der Waals surface area contributed by atoms with Crippen LogP contribution in [0.4, 0.5) is 0 Å². The van der Waals surface area contributed by atoms with Crippen molar-refractivity contribution in [2.45, 2.75) is 25.8 Å². The summed E-state index contributed by atoms with van der Waals surface area (Å²) in [5, 5.41) is 11.8. The Morgan fingerprint density at radius 3 is 2.80 bits per heavy atom. The summed E-state index contributed by atoms with van der Waals surface area (Å²) in [6, 6.07) is 0.145. The van der Waals surface area contributed by atoms with E-state index in [0.717, 1.165) is 19.4 Å². The van der Waals surface area contributed by atoms with Crippen molar-refractivity contribution in [1.82, 2.24) is 5.32 Å². The minimum absolute atomic E-state index is 0.145. The Bertz CT molecular complexity index is 136. The van der Waals surface area contributed by atoms with Crippen LogP contribution < -0.4 is 5.32 Å². The van der Waals surface area contributed by atoms with Crippen molar-refractivity contribution in [1.29, 1.82) is 0 Å². The first kappa shape index (κ1) is 7.54. The smallest absolute Gasteiger partial charge is 0.308 e. The molecular formula is C7H13NO2. The summed E-state index contributed by atoms with van der Waals surface area (Å²) in [7, 11) is 0. The summed E-state index contributed by atoms with van der Waals surface area (Å²) in [6.07, 6.45) is 1.81. The number of piperidine rings is 1. The molecule has 1 rings (SSSR count). The van der Waals surface area contributed by atoms with E-state index in [9.17, 15) is 4.79 Å². The van der Waals surface area contributed by atoms with Gasteiger partial charge in [0, 0.05) is 6.04 Å². The quantitative estimate of drug-likeness (QED) is 0.560. The fourth-order valence-corrected chi connectivity index (χ4v) is 1.38. The van der Waals surface area contributed by atoms with Crippen molar-refractivity contribution in [2.75, 3.05) is 6.54 Å². The standard InChI is InChI=1S/C7H13NO2/c1-5-6(7(9)10)3-2-4-8-5/h5-6,8H,2-4H2,1H3,(H,9,10)/t5-,6-/m0/s1. The summed E-state index contributed by atoms with van der Waals surface area (Å²) < 4.78 is 0. The molecule has 1 saturated heterocycles. The Balaban J connectivity index is 2.47. The average molecular weight is 143 g/mol. The van der Waals surface area contributed by atoms with Gasteiger partial charge in [-0.05, 0) is 26.3 Å². The van der Waals surface area contributed by atoms with E-state index in [0.29, 0.717) is 0 Å². The van der Waals surface area contributed by atoms with Gasteiger partial charge in [0.1, 0.15) is 0 Å². The maximum atomic E-state index is 10.5. The second kappa shape index (κ2) is 3.01. The molecule has 3 nitrogen and oxygen atoms in total. The lowest BCUT2D eigenvalue weighted by Crippen LogP contribution is -2.42. The molecule has 0 aromatic rings. The average Bonchev–Trinajstić information content (AvgIpc) is 1.88. The van der Waals surface area contributed by atoms with Crippen LogP contribution in [-0.2, 0) is 4.79 Å². The van der Waals surface area contributed by atoms with Crippen LogP contribution in [0, 0.1) is 5.92 Å². The Kier molecular flexibility index (Phi) is 2.27. The Morgan fingerprint density at radius 1 is 1.70 bits per heavy atom. The van der Waals surface area contributed by atoms with Crippen LogP contribution in [0.5, 0.6) is 0 Å². The molecule has 1 heterocycles. The van der Waals surface area contributed by atoms with Gasteiger partial charge in [-0.1, -0.05) is 0 Å². The van der Waals surface area contributed by atoms with Gasteiger partial charge >= 0.3 is 5.97 Å². The molecule has 3 heteroatoms. The summed E-state index contributed by atoms with van der Waals surface area (Å²) in [6.45, 7) is 2.89. The zero-order chi connectivity index (χ0) is 7.56. The first-order valence-electron chi connectivity index (χ1n) is 3.68. The van der Waals surface area contributed by atoms with Crippen molar-refractivity contribution in [3.05, 3.63) is 0 Å². The number of carbonyl (C=O) groups is 1. The van der Waals surface area contributed by atoms with Crippen LogP contribution in [0.2, 0.25) is 0 Å². The maximum absolute atomic E-state index is 10.5. The lowest BCUT2D eigenvalue weighted by molar-refractivity contribution is -0.143. The first-order valence-corrected chi connectivity index (χ1v) is 3.68. The fraction of sp³-hybridized carbons (Fsp3) is 0.857. The molecule has 10 heavy (non-hydrogen) atoms. The van der Waals surface area contributed by atoms with Crippen LogP contribution in [0.3, 0.4) is 0 Å². The van der Waals surface area contributed by atoms with Crippen LogP contribution >= 0.6 is 0 Å². The molecule has 0 unspecified atom stereocenters. The van der Waals surface area contributed by atoms with Gasteiger partial charge in [-0.15, -0.1) is 0 Å². The third-order valence-electron chi connectivity index (χ3n) is 2.08. The summed E-state index contributed by atoms with van der Waals surface area (Å²) in [5.74, 6) is -0.839. The van der Waals surface area contributed by atoms with Crippen molar-refractivity contribution in [2.24, 2.45) is 5.92 Å². The molecule has 1 fully saturated rings. The van der Waals surface area contributed by atoms with Gasteiger partial charge in [0.05, 0.1) is 5.92 Å². The number of hydrogen-bond acceptors (Lipinski definition) is 2. The van der Waals surface area contributed by atoms with Crippen molar-refractivity contribution < 1.29 is 9.90 Å². The topological polar surface area (TPSA) is 49.3 Å². The summed E-state index contributed by atoms with van der Waals surface area (Å²) in [4.78, 5) is 10.5. The third-order valence-corrected chi connectivity index (χ3v) is 2.08. The highest BCUT2D eigenvalue weighted by Crippen LogP contribution is 2.15. The predicted molar refractivity (Wildman–Crippen MR) is 37.8 cm³/mol. The van der Waals surface area contributed by atoms with E-state index in [2.05, 4.69) is 5.32 Å². The zero-order valence-corrected chi connectivity index (χ0v) is 6.13. The van der Waals surface area contributed by atoms with E-state index in [1.54, 1.807) is 0 Å². The molecule has 0 aromatic carbocycles. The Morgan fingerprint density at radius 2 is 2.40 bits per heavy atom. The van der Waals surface area contributed by atoms with Gasteiger partial charge in [-0.25, -0.2) is 0 Å². The van der Waals surface area contributed by atoms with Crippen molar-refractivity contribution in [3.8, 4) is 0 Å². The monoisotopic (exact) mass is 143 g/mol. The molecule has 1 aliphatic heterocycles. The molecule has 2 atom stereocenters. The minimum Gasteiger partial charge on any atom is -0.481 e. The van der Waals surface area contributed by atoms with Gasteiger partial charge in [0.25, 0.3) is 0 Å². The van der Waals surface area contributed by atoms with Gasteiger partial charge < -0.3 is 10.4 Å². The SMILES string of the molecule is C[C@@H]1NCCC[C@@H]1C(=O)O. The second-order valence-electron chi connectivity index (χ2n) is 2.83. The highest BCUT2D eigenvalue weighted by Gasteiger charge is 2.26. The Labute approximate surface area is 60.4 Å². The number of carboxylic acid groups (broad SMARTS) is 1. The number of aliphatic carboxylic acids is 1. The molecule has 2 N–H and O–H groups in total. The molecule has 0 spiro atoms. The molecular weight excluding hydrogens is 130 g/mol. The zero-order valence-electron chi connectivity index (χ0n) is 6.13. The van der Waals surface area contributed by atoms with E-state index in [4.69, 9.17) is 5.11 Å². The molecule has 0 bridgehead atoms. The second-order valence-corrected chi connectivity index (χ2v) is 2.83. The van der Waals surface area contributed by atoms with E-state index < -0.39 is 5.97 Å². The fourth-order valence-electron chi connectivity index (χ4n) is 1.38. The van der Waals surface area contributed by atoms with E-state index in [1.165, 1.54) is 0 Å². The highest BCUT2D eigenvalue weighted by molar-refractivity contribution is 5.70. The molecule has 58 valence electrons. The van der Waals surface area contributed by atoms with Crippen molar-refractivity contribution in [3.63, 3.8) is 0 Å².